The van der Waals surface area contributed by atoms with E-state index in [9.17, 15) is 9.36 Å². The van der Waals surface area contributed by atoms with E-state index in [1.807, 2.05) is 6.26 Å². The molecule has 0 aromatic rings. The van der Waals surface area contributed by atoms with Gasteiger partial charge in [-0.3, -0.25) is 9.36 Å². The van der Waals surface area contributed by atoms with Gasteiger partial charge in [0.1, 0.15) is 5.78 Å². The summed E-state index contributed by atoms with van der Waals surface area (Å²) < 4.78 is 10.7. The first kappa shape index (κ1) is 14.9. The van der Waals surface area contributed by atoms with Gasteiger partial charge in [-0.2, -0.15) is 11.8 Å². The number of thioether (sulfide) groups is 1. The molecule has 1 amide bonds. The molecule has 0 aliphatic heterocycles. The summed E-state index contributed by atoms with van der Waals surface area (Å²) in [7, 11) is -4.27. The molecule has 90 valence electrons. The van der Waals surface area contributed by atoms with Crippen molar-refractivity contribution in [1.82, 2.24) is 5.32 Å². The van der Waals surface area contributed by atoms with E-state index < -0.39 is 25.3 Å². The first-order chi connectivity index (χ1) is 6.79. The standard InChI is InChI=1S/C7H17N2O4PS/c1-5(14(11,12)13)9-7(10)6(8)3-4-15-2/h5-6H,3-4,8H2,1-2H3,(H,9,10)(H2,11,12,13)/t5-,6+/m1/s1. The zero-order valence-electron chi connectivity index (χ0n) is 8.71. The highest BCUT2D eigenvalue weighted by atomic mass is 32.2. The van der Waals surface area contributed by atoms with Gasteiger partial charge < -0.3 is 20.8 Å². The molecule has 0 spiro atoms. The summed E-state index contributed by atoms with van der Waals surface area (Å²) in [6, 6.07) is -0.716. The van der Waals surface area contributed by atoms with E-state index in [0.29, 0.717) is 6.42 Å². The summed E-state index contributed by atoms with van der Waals surface area (Å²) in [5.74, 6) is -0.982. The molecule has 0 aliphatic rings. The SMILES string of the molecule is CSCC[C@H](N)C(=O)N[C@@H](C)P(=O)(O)O. The molecule has 0 fully saturated rings. The number of nitrogens with two attached hydrogens (primary N) is 1. The first-order valence-electron chi connectivity index (χ1n) is 4.39. The van der Waals surface area contributed by atoms with Crippen molar-refractivity contribution >= 4 is 25.3 Å². The normalized spacial score (nSPS) is 15.8. The Kier molecular flexibility index (Phi) is 6.47. The Balaban J connectivity index is 4.08. The van der Waals surface area contributed by atoms with Crippen LogP contribution in [0.4, 0.5) is 0 Å². The minimum absolute atomic E-state index is 0.487. The maximum Gasteiger partial charge on any atom is 0.347 e. The number of carbonyl (C=O) groups excluding carboxylic acids is 1. The van der Waals surface area contributed by atoms with Gasteiger partial charge in [0, 0.05) is 0 Å². The third kappa shape index (κ3) is 6.17. The predicted octanol–water partition coefficient (Wildman–Crippen LogP) is -0.293. The summed E-state index contributed by atoms with van der Waals surface area (Å²) in [5, 5.41) is 2.19. The third-order valence-corrected chi connectivity index (χ3v) is 3.61. The summed E-state index contributed by atoms with van der Waals surface area (Å²) in [6.07, 6.45) is 2.38. The van der Waals surface area contributed by atoms with Gasteiger partial charge in [-0.15, -0.1) is 0 Å². The van der Waals surface area contributed by atoms with E-state index in [0.717, 1.165) is 5.75 Å². The fourth-order valence-electron chi connectivity index (χ4n) is 0.773. The molecule has 5 N–H and O–H groups in total. The molecule has 0 rings (SSSR count). The van der Waals surface area contributed by atoms with Gasteiger partial charge in [-0.1, -0.05) is 0 Å². The van der Waals surface area contributed by atoms with E-state index in [1.165, 1.54) is 6.92 Å². The summed E-state index contributed by atoms with van der Waals surface area (Å²) >= 11 is 1.56. The van der Waals surface area contributed by atoms with Crippen LogP contribution in [-0.4, -0.2) is 39.5 Å². The molecule has 0 saturated carbocycles. The molecule has 0 unspecified atom stereocenters. The van der Waals surface area contributed by atoms with Gasteiger partial charge in [-0.05, 0) is 25.4 Å². The quantitative estimate of drug-likeness (QED) is 0.486. The second-order valence-electron chi connectivity index (χ2n) is 3.16. The number of rotatable bonds is 6. The highest BCUT2D eigenvalue weighted by molar-refractivity contribution is 7.98. The monoisotopic (exact) mass is 256 g/mol. The van der Waals surface area contributed by atoms with Crippen molar-refractivity contribution in [3.05, 3.63) is 0 Å². The topological polar surface area (TPSA) is 113 Å². The number of carbonyl (C=O) groups is 1. The maximum absolute atomic E-state index is 11.3. The van der Waals surface area contributed by atoms with E-state index in [4.69, 9.17) is 15.5 Å². The zero-order chi connectivity index (χ0) is 12.1. The molecule has 2 atom stereocenters. The van der Waals surface area contributed by atoms with Gasteiger partial charge in [0.25, 0.3) is 0 Å². The van der Waals surface area contributed by atoms with Gasteiger partial charge in [0.2, 0.25) is 5.91 Å². The average molecular weight is 256 g/mol. The molecule has 0 heterocycles. The third-order valence-electron chi connectivity index (χ3n) is 1.83. The molecular weight excluding hydrogens is 239 g/mol. The number of amides is 1. The second-order valence-corrected chi connectivity index (χ2v) is 6.10. The summed E-state index contributed by atoms with van der Waals surface area (Å²) in [6.45, 7) is 1.25. The van der Waals surface area contributed by atoms with E-state index >= 15 is 0 Å². The number of hydrogen-bond acceptors (Lipinski definition) is 4. The molecule has 0 aliphatic carbocycles. The van der Waals surface area contributed by atoms with Crippen LogP contribution in [0.15, 0.2) is 0 Å². The Morgan fingerprint density at radius 3 is 2.53 bits per heavy atom. The Bertz CT molecular complexity index is 257. The fourth-order valence-corrected chi connectivity index (χ4v) is 1.56. The van der Waals surface area contributed by atoms with Gasteiger partial charge in [0.05, 0.1) is 6.04 Å². The van der Waals surface area contributed by atoms with Crippen LogP contribution in [0.25, 0.3) is 0 Å². The van der Waals surface area contributed by atoms with Crippen molar-refractivity contribution in [3.63, 3.8) is 0 Å². The van der Waals surface area contributed by atoms with Crippen molar-refractivity contribution in [2.24, 2.45) is 5.73 Å². The van der Waals surface area contributed by atoms with Gasteiger partial charge in [-0.25, -0.2) is 0 Å². The van der Waals surface area contributed by atoms with Crippen LogP contribution in [0, 0.1) is 0 Å². The Morgan fingerprint density at radius 2 is 2.13 bits per heavy atom. The van der Waals surface area contributed by atoms with Crippen molar-refractivity contribution in [1.29, 1.82) is 0 Å². The van der Waals surface area contributed by atoms with Crippen LogP contribution in [0.3, 0.4) is 0 Å². The minimum atomic E-state index is -4.27. The van der Waals surface area contributed by atoms with E-state index in [2.05, 4.69) is 5.32 Å². The Hall–Kier alpha value is -0.0700. The van der Waals surface area contributed by atoms with Crippen molar-refractivity contribution in [3.8, 4) is 0 Å². The van der Waals surface area contributed by atoms with Crippen LogP contribution >= 0.6 is 19.4 Å². The molecule has 6 nitrogen and oxygen atoms in total. The molecule has 0 aromatic heterocycles. The molecule has 0 aromatic carbocycles. The van der Waals surface area contributed by atoms with Crippen LogP contribution in [-0.2, 0) is 9.36 Å². The molecule has 0 bridgehead atoms. The predicted molar refractivity (Wildman–Crippen MR) is 60.6 cm³/mol. The first-order valence-corrected chi connectivity index (χ1v) is 7.46. The maximum atomic E-state index is 11.3. The molecule has 0 radical (unpaired) electrons. The molecule has 8 heteroatoms. The highest BCUT2D eigenvalue weighted by Gasteiger charge is 2.27. The smallest absolute Gasteiger partial charge is 0.341 e. The lowest BCUT2D eigenvalue weighted by molar-refractivity contribution is -0.122. The Morgan fingerprint density at radius 1 is 1.60 bits per heavy atom. The molecule has 0 saturated heterocycles. The highest BCUT2D eigenvalue weighted by Crippen LogP contribution is 2.39. The van der Waals surface area contributed by atoms with E-state index in [1.54, 1.807) is 11.8 Å². The Labute approximate surface area is 93.2 Å². The average Bonchev–Trinajstić information content (AvgIpc) is 2.12. The lowest BCUT2D eigenvalue weighted by Gasteiger charge is -2.18. The summed E-state index contributed by atoms with van der Waals surface area (Å²) in [4.78, 5) is 28.8. The van der Waals surface area contributed by atoms with Crippen LogP contribution < -0.4 is 11.1 Å². The number of hydrogen-bond donors (Lipinski definition) is 4. The van der Waals surface area contributed by atoms with E-state index in [-0.39, 0.29) is 0 Å². The summed E-state index contributed by atoms with van der Waals surface area (Å²) in [5.41, 5.74) is 5.52. The molecule has 15 heavy (non-hydrogen) atoms. The zero-order valence-corrected chi connectivity index (χ0v) is 10.4. The lowest BCUT2D eigenvalue weighted by Crippen LogP contribution is -2.44. The second kappa shape index (κ2) is 6.50. The molecular formula is C7H17N2O4PS. The largest absolute Gasteiger partial charge is 0.347 e. The van der Waals surface area contributed by atoms with Crippen LogP contribution in [0.2, 0.25) is 0 Å². The fraction of sp³-hybridized carbons (Fsp3) is 0.857. The van der Waals surface area contributed by atoms with Gasteiger partial charge >= 0.3 is 7.60 Å². The van der Waals surface area contributed by atoms with Crippen molar-refractivity contribution < 1.29 is 19.1 Å². The lowest BCUT2D eigenvalue weighted by atomic mass is 10.2. The van der Waals surface area contributed by atoms with Gasteiger partial charge in [0.15, 0.2) is 0 Å². The van der Waals surface area contributed by atoms with Crippen molar-refractivity contribution in [2.75, 3.05) is 12.0 Å². The van der Waals surface area contributed by atoms with Crippen LogP contribution in [0.5, 0.6) is 0 Å². The van der Waals surface area contributed by atoms with Crippen molar-refractivity contribution in [2.45, 2.75) is 25.2 Å². The van der Waals surface area contributed by atoms with Crippen LogP contribution in [0.1, 0.15) is 13.3 Å². The number of nitrogens with one attached hydrogen (secondary N) is 1. The minimum Gasteiger partial charge on any atom is -0.341 e.